The maximum Gasteiger partial charge on any atom is 0.306 e. The molecule has 0 aromatic heterocycles. The van der Waals surface area contributed by atoms with Crippen molar-refractivity contribution in [3.8, 4) is 0 Å². The van der Waals surface area contributed by atoms with Crippen molar-refractivity contribution in [2.75, 3.05) is 13.3 Å². The van der Waals surface area contributed by atoms with Gasteiger partial charge in [0.2, 0.25) is 0 Å². The van der Waals surface area contributed by atoms with E-state index in [0.717, 1.165) is 64.2 Å². The van der Waals surface area contributed by atoms with Crippen LogP contribution in [-0.4, -0.2) is 30.2 Å². The molecule has 0 aromatic carbocycles. The maximum absolute atomic E-state index is 11.9. The molecule has 23 heavy (non-hydrogen) atoms. The first-order chi connectivity index (χ1) is 11.0. The lowest BCUT2D eigenvalue weighted by Gasteiger charge is -2.18. The molecule has 1 aliphatic carbocycles. The highest BCUT2D eigenvalue weighted by Gasteiger charge is 2.14. The fourth-order valence-electron chi connectivity index (χ4n) is 2.62. The third-order valence-corrected chi connectivity index (χ3v) is 4.85. The van der Waals surface area contributed by atoms with Crippen molar-refractivity contribution in [3.63, 3.8) is 0 Å². The van der Waals surface area contributed by atoms with Gasteiger partial charge in [0.1, 0.15) is 6.10 Å². The van der Waals surface area contributed by atoms with Crippen LogP contribution in [0.5, 0.6) is 0 Å². The molecule has 0 bridgehead atoms. The lowest BCUT2D eigenvalue weighted by molar-refractivity contribution is -0.149. The van der Waals surface area contributed by atoms with Crippen molar-refractivity contribution < 1.29 is 18.9 Å². The van der Waals surface area contributed by atoms with Crippen LogP contribution in [0.4, 0.5) is 0 Å². The standard InChI is InChI=1S/C17H31O4PS/c1-22(19,23)20-15-11-7-3-6-10-14-17(18)21-16-12-8-4-2-5-9-13-16/h2,4,16H,3,5-15H2,1H3,(H,19,23)/b4-2+. The Kier molecular flexibility index (Phi) is 11.0. The molecule has 0 radical (unpaired) electrons. The zero-order valence-corrected chi connectivity index (χ0v) is 16.0. The van der Waals surface area contributed by atoms with Gasteiger partial charge in [-0.1, -0.05) is 31.4 Å². The molecule has 0 fully saturated rings. The zero-order chi connectivity index (χ0) is 17.0. The molecule has 0 heterocycles. The summed E-state index contributed by atoms with van der Waals surface area (Å²) in [5.41, 5.74) is 0. The molecular formula is C17H31O4PS. The predicted molar refractivity (Wildman–Crippen MR) is 98.2 cm³/mol. The van der Waals surface area contributed by atoms with Gasteiger partial charge in [-0.15, -0.1) is 0 Å². The van der Waals surface area contributed by atoms with Gasteiger partial charge in [-0.05, 0) is 56.8 Å². The van der Waals surface area contributed by atoms with Crippen molar-refractivity contribution in [2.45, 2.75) is 76.7 Å². The number of unbranched alkanes of at least 4 members (excludes halogenated alkanes) is 4. The first-order valence-electron chi connectivity index (χ1n) is 8.76. The summed E-state index contributed by atoms with van der Waals surface area (Å²) in [5, 5.41) is 0. The van der Waals surface area contributed by atoms with Crippen molar-refractivity contribution in [3.05, 3.63) is 12.2 Å². The van der Waals surface area contributed by atoms with E-state index in [2.05, 4.69) is 12.2 Å². The van der Waals surface area contributed by atoms with Gasteiger partial charge in [-0.25, -0.2) is 0 Å². The minimum absolute atomic E-state index is 0.0464. The predicted octanol–water partition coefficient (Wildman–Crippen LogP) is 4.71. The largest absolute Gasteiger partial charge is 0.462 e. The number of carbonyl (C=O) groups is 1. The van der Waals surface area contributed by atoms with Crippen molar-refractivity contribution in [1.29, 1.82) is 0 Å². The van der Waals surface area contributed by atoms with Crippen LogP contribution in [0.25, 0.3) is 0 Å². The van der Waals surface area contributed by atoms with Gasteiger partial charge in [0.05, 0.1) is 6.61 Å². The quantitative estimate of drug-likeness (QED) is 0.264. The van der Waals surface area contributed by atoms with Crippen LogP contribution in [0.1, 0.15) is 70.6 Å². The molecule has 0 aliphatic heterocycles. The van der Waals surface area contributed by atoms with Crippen molar-refractivity contribution in [1.82, 2.24) is 0 Å². The average molecular weight is 362 g/mol. The molecule has 0 saturated heterocycles. The normalized spacial score (nSPS) is 22.6. The lowest BCUT2D eigenvalue weighted by atomic mass is 10.0. The molecule has 2 unspecified atom stereocenters. The number of ether oxygens (including phenoxy) is 1. The second-order valence-electron chi connectivity index (χ2n) is 6.25. The molecule has 1 rings (SSSR count). The Morgan fingerprint density at radius 2 is 1.87 bits per heavy atom. The smallest absolute Gasteiger partial charge is 0.306 e. The summed E-state index contributed by atoms with van der Waals surface area (Å²) < 4.78 is 10.8. The lowest BCUT2D eigenvalue weighted by Crippen LogP contribution is -2.18. The SMILES string of the molecule is CP(O)(=S)OCCCCCCCC(=O)OC1CC/C=C/CCC1. The van der Waals surface area contributed by atoms with Crippen LogP contribution in [0.15, 0.2) is 12.2 Å². The van der Waals surface area contributed by atoms with E-state index in [9.17, 15) is 9.69 Å². The molecule has 4 nitrogen and oxygen atoms in total. The van der Waals surface area contributed by atoms with Crippen LogP contribution in [0, 0.1) is 0 Å². The third kappa shape index (κ3) is 12.8. The van der Waals surface area contributed by atoms with Crippen LogP contribution < -0.4 is 0 Å². The Hall–Kier alpha value is -0.220. The highest BCUT2D eigenvalue weighted by atomic mass is 32.5. The first kappa shape index (κ1) is 20.8. The molecule has 0 spiro atoms. The second-order valence-corrected chi connectivity index (χ2v) is 10.1. The Morgan fingerprint density at radius 3 is 2.65 bits per heavy atom. The summed E-state index contributed by atoms with van der Waals surface area (Å²) >= 11 is 4.81. The Balaban J connectivity index is 1.97. The first-order valence-corrected chi connectivity index (χ1v) is 11.9. The zero-order valence-electron chi connectivity index (χ0n) is 14.2. The van der Waals surface area contributed by atoms with Gasteiger partial charge in [0.25, 0.3) is 0 Å². The topological polar surface area (TPSA) is 55.8 Å². The molecule has 1 N–H and O–H groups in total. The number of rotatable bonds is 10. The molecule has 6 heteroatoms. The van der Waals surface area contributed by atoms with Crippen molar-refractivity contribution >= 4 is 24.3 Å². The Bertz CT molecular complexity index is 405. The summed E-state index contributed by atoms with van der Waals surface area (Å²) in [6, 6.07) is 0. The number of allylic oxidation sites excluding steroid dienone is 2. The van der Waals surface area contributed by atoms with Crippen LogP contribution in [0.3, 0.4) is 0 Å². The number of hydrogen-bond donors (Lipinski definition) is 1. The number of hydrogen-bond acceptors (Lipinski definition) is 4. The third-order valence-electron chi connectivity index (χ3n) is 3.87. The van der Waals surface area contributed by atoms with Gasteiger partial charge < -0.3 is 14.2 Å². The van der Waals surface area contributed by atoms with Gasteiger partial charge in [-0.2, -0.15) is 0 Å². The molecule has 0 saturated carbocycles. The van der Waals surface area contributed by atoms with Gasteiger partial charge in [-0.3, -0.25) is 4.79 Å². The van der Waals surface area contributed by atoms with Gasteiger partial charge in [0.15, 0.2) is 6.49 Å². The number of carbonyl (C=O) groups excluding carboxylic acids is 1. The molecular weight excluding hydrogens is 331 g/mol. The molecule has 0 amide bonds. The van der Waals surface area contributed by atoms with Gasteiger partial charge in [0, 0.05) is 13.1 Å². The number of esters is 1. The van der Waals surface area contributed by atoms with E-state index in [1.165, 1.54) is 0 Å². The fourth-order valence-corrected chi connectivity index (χ4v) is 3.32. The summed E-state index contributed by atoms with van der Waals surface area (Å²) in [4.78, 5) is 21.2. The van der Waals surface area contributed by atoms with E-state index in [-0.39, 0.29) is 12.1 Å². The van der Waals surface area contributed by atoms with E-state index in [1.54, 1.807) is 6.66 Å². The van der Waals surface area contributed by atoms with E-state index >= 15 is 0 Å². The minimum Gasteiger partial charge on any atom is -0.462 e. The molecule has 1 aliphatic rings. The fraction of sp³-hybridized carbons (Fsp3) is 0.824. The van der Waals surface area contributed by atoms with Gasteiger partial charge >= 0.3 is 5.97 Å². The highest BCUT2D eigenvalue weighted by Crippen LogP contribution is 2.37. The molecule has 2 atom stereocenters. The maximum atomic E-state index is 11.9. The average Bonchev–Trinajstić information content (AvgIpc) is 2.43. The van der Waals surface area contributed by atoms with Crippen LogP contribution in [0.2, 0.25) is 0 Å². The van der Waals surface area contributed by atoms with Crippen LogP contribution in [-0.2, 0) is 25.9 Å². The monoisotopic (exact) mass is 362 g/mol. The van der Waals surface area contributed by atoms with E-state index in [4.69, 9.17) is 21.1 Å². The highest BCUT2D eigenvalue weighted by molar-refractivity contribution is 8.09. The molecule has 134 valence electrons. The van der Waals surface area contributed by atoms with E-state index < -0.39 is 6.49 Å². The summed E-state index contributed by atoms with van der Waals surface area (Å²) in [5.74, 6) is -0.0464. The van der Waals surface area contributed by atoms with E-state index in [0.29, 0.717) is 13.0 Å². The second kappa shape index (κ2) is 12.2. The Morgan fingerprint density at radius 1 is 1.17 bits per heavy atom. The summed E-state index contributed by atoms with van der Waals surface area (Å²) in [6.45, 7) is -0.396. The van der Waals surface area contributed by atoms with Crippen molar-refractivity contribution in [2.24, 2.45) is 0 Å². The minimum atomic E-state index is -2.50. The molecule has 0 aromatic rings. The summed E-state index contributed by atoms with van der Waals surface area (Å²) in [7, 11) is 0. The summed E-state index contributed by atoms with van der Waals surface area (Å²) in [6.07, 6.45) is 15.2. The van der Waals surface area contributed by atoms with E-state index in [1.807, 2.05) is 0 Å². The Labute approximate surface area is 145 Å². The van der Waals surface area contributed by atoms with Crippen LogP contribution >= 0.6 is 6.49 Å².